The van der Waals surface area contributed by atoms with Gasteiger partial charge in [0.05, 0.1) is 19.3 Å². The minimum absolute atomic E-state index is 0.360. The molecule has 0 aliphatic carbocycles. The van der Waals surface area contributed by atoms with Crippen molar-refractivity contribution >= 4 is 0 Å². The molecular weight excluding hydrogens is 190 g/mol. The molecule has 1 N–H and O–H groups in total. The number of hydrogen-bond donors (Lipinski definition) is 1. The third-order valence-corrected chi connectivity index (χ3v) is 3.11. The summed E-state index contributed by atoms with van der Waals surface area (Å²) >= 11 is 0. The van der Waals surface area contributed by atoms with Crippen molar-refractivity contribution in [3.63, 3.8) is 0 Å². The highest BCUT2D eigenvalue weighted by Crippen LogP contribution is 2.17. The molecule has 1 saturated heterocycles. The van der Waals surface area contributed by atoms with Crippen molar-refractivity contribution in [3.05, 3.63) is 0 Å². The minimum atomic E-state index is -0.396. The summed E-state index contributed by atoms with van der Waals surface area (Å²) in [6.45, 7) is 11.0. The lowest BCUT2D eigenvalue weighted by Gasteiger charge is -2.35. The molecule has 0 unspecified atom stereocenters. The molecule has 90 valence electrons. The van der Waals surface area contributed by atoms with Crippen molar-refractivity contribution < 1.29 is 9.47 Å². The second-order valence-electron chi connectivity index (χ2n) is 4.81. The topological polar surface area (TPSA) is 30.5 Å². The maximum Gasteiger partial charge on any atom is 0.162 e. The SMILES string of the molecule is CCC(CC)CNC1COC(C)(C)OC1. The van der Waals surface area contributed by atoms with Gasteiger partial charge in [0.2, 0.25) is 0 Å². The van der Waals surface area contributed by atoms with Crippen LogP contribution in [0.25, 0.3) is 0 Å². The van der Waals surface area contributed by atoms with Gasteiger partial charge in [-0.25, -0.2) is 0 Å². The number of nitrogens with one attached hydrogen (secondary N) is 1. The Labute approximate surface area is 93.5 Å². The van der Waals surface area contributed by atoms with Gasteiger partial charge in [-0.15, -0.1) is 0 Å². The summed E-state index contributed by atoms with van der Waals surface area (Å²) in [4.78, 5) is 0. The summed E-state index contributed by atoms with van der Waals surface area (Å²) in [5, 5.41) is 3.51. The summed E-state index contributed by atoms with van der Waals surface area (Å²) in [5.41, 5.74) is 0. The van der Waals surface area contributed by atoms with E-state index in [0.717, 1.165) is 25.7 Å². The van der Waals surface area contributed by atoms with Gasteiger partial charge in [0, 0.05) is 0 Å². The van der Waals surface area contributed by atoms with E-state index >= 15 is 0 Å². The molecule has 0 amide bonds. The molecule has 0 aromatic heterocycles. The van der Waals surface area contributed by atoms with E-state index < -0.39 is 5.79 Å². The first kappa shape index (κ1) is 12.9. The van der Waals surface area contributed by atoms with Crippen LogP contribution < -0.4 is 5.32 Å². The maximum absolute atomic E-state index is 5.59. The molecule has 1 heterocycles. The van der Waals surface area contributed by atoms with E-state index in [1.165, 1.54) is 12.8 Å². The lowest BCUT2D eigenvalue weighted by atomic mass is 10.0. The maximum atomic E-state index is 5.59. The highest BCUT2D eigenvalue weighted by molar-refractivity contribution is 4.74. The van der Waals surface area contributed by atoms with Crippen molar-refractivity contribution in [1.82, 2.24) is 5.32 Å². The molecule has 1 aliphatic heterocycles. The fourth-order valence-corrected chi connectivity index (χ4v) is 1.72. The normalized spacial score (nSPS) is 22.2. The molecule has 0 saturated carbocycles. The predicted octanol–water partition coefficient (Wildman–Crippen LogP) is 2.16. The van der Waals surface area contributed by atoms with Crippen LogP contribution in [0.2, 0.25) is 0 Å². The first-order valence-corrected chi connectivity index (χ1v) is 6.08. The Morgan fingerprint density at radius 1 is 1.20 bits per heavy atom. The Kier molecular flexibility index (Phi) is 5.03. The average molecular weight is 215 g/mol. The Balaban J connectivity index is 2.18. The van der Waals surface area contributed by atoms with Gasteiger partial charge in [0.1, 0.15) is 0 Å². The highest BCUT2D eigenvalue weighted by Gasteiger charge is 2.27. The van der Waals surface area contributed by atoms with Gasteiger partial charge in [0.25, 0.3) is 0 Å². The standard InChI is InChI=1S/C12H25NO2/c1-5-10(6-2)7-13-11-8-14-12(3,4)15-9-11/h10-11,13H,5-9H2,1-4H3. The van der Waals surface area contributed by atoms with Crippen molar-refractivity contribution in [2.24, 2.45) is 5.92 Å². The molecule has 3 nitrogen and oxygen atoms in total. The van der Waals surface area contributed by atoms with Crippen molar-refractivity contribution in [3.8, 4) is 0 Å². The Hall–Kier alpha value is -0.120. The first-order chi connectivity index (χ1) is 7.07. The quantitative estimate of drug-likeness (QED) is 0.762. The lowest BCUT2D eigenvalue weighted by Crippen LogP contribution is -2.49. The second kappa shape index (κ2) is 5.83. The van der Waals surface area contributed by atoms with Crippen LogP contribution in [0.3, 0.4) is 0 Å². The third-order valence-electron chi connectivity index (χ3n) is 3.11. The molecule has 0 aromatic carbocycles. The summed E-state index contributed by atoms with van der Waals surface area (Å²) in [6, 6.07) is 0.360. The van der Waals surface area contributed by atoms with Crippen LogP contribution in [0.4, 0.5) is 0 Å². The molecule has 1 rings (SSSR count). The zero-order valence-electron chi connectivity index (χ0n) is 10.5. The molecular formula is C12H25NO2. The summed E-state index contributed by atoms with van der Waals surface area (Å²) in [5.74, 6) is 0.382. The van der Waals surface area contributed by atoms with Crippen LogP contribution in [0.5, 0.6) is 0 Å². The largest absolute Gasteiger partial charge is 0.349 e. The van der Waals surface area contributed by atoms with E-state index in [0.29, 0.717) is 6.04 Å². The molecule has 1 aliphatic rings. The van der Waals surface area contributed by atoms with E-state index in [4.69, 9.17) is 9.47 Å². The molecule has 15 heavy (non-hydrogen) atoms. The second-order valence-corrected chi connectivity index (χ2v) is 4.81. The number of hydrogen-bond acceptors (Lipinski definition) is 3. The van der Waals surface area contributed by atoms with Crippen LogP contribution in [-0.2, 0) is 9.47 Å². The van der Waals surface area contributed by atoms with Crippen LogP contribution in [0, 0.1) is 5.92 Å². The van der Waals surface area contributed by atoms with Gasteiger partial charge in [-0.3, -0.25) is 0 Å². The van der Waals surface area contributed by atoms with Crippen molar-refractivity contribution in [2.75, 3.05) is 19.8 Å². The molecule has 0 radical (unpaired) electrons. The predicted molar refractivity (Wildman–Crippen MR) is 61.8 cm³/mol. The van der Waals surface area contributed by atoms with E-state index in [1.54, 1.807) is 0 Å². The zero-order chi connectivity index (χ0) is 11.3. The number of ether oxygens (including phenoxy) is 2. The van der Waals surface area contributed by atoms with E-state index in [1.807, 2.05) is 13.8 Å². The van der Waals surface area contributed by atoms with Crippen LogP contribution in [-0.4, -0.2) is 31.6 Å². The van der Waals surface area contributed by atoms with E-state index in [2.05, 4.69) is 19.2 Å². The van der Waals surface area contributed by atoms with E-state index in [-0.39, 0.29) is 0 Å². The Morgan fingerprint density at radius 2 is 1.73 bits per heavy atom. The van der Waals surface area contributed by atoms with Gasteiger partial charge in [0.15, 0.2) is 5.79 Å². The highest BCUT2D eigenvalue weighted by atomic mass is 16.7. The third kappa shape index (κ3) is 4.49. The molecule has 0 atom stereocenters. The lowest BCUT2D eigenvalue weighted by molar-refractivity contribution is -0.253. The van der Waals surface area contributed by atoms with Crippen LogP contribution in [0.1, 0.15) is 40.5 Å². The molecule has 0 aromatic rings. The van der Waals surface area contributed by atoms with Gasteiger partial charge in [-0.2, -0.15) is 0 Å². The average Bonchev–Trinajstić information content (AvgIpc) is 2.21. The Morgan fingerprint density at radius 3 is 2.20 bits per heavy atom. The smallest absolute Gasteiger partial charge is 0.162 e. The first-order valence-electron chi connectivity index (χ1n) is 6.08. The van der Waals surface area contributed by atoms with Crippen LogP contribution >= 0.6 is 0 Å². The van der Waals surface area contributed by atoms with Crippen molar-refractivity contribution in [2.45, 2.75) is 52.4 Å². The zero-order valence-corrected chi connectivity index (χ0v) is 10.5. The monoisotopic (exact) mass is 215 g/mol. The fourth-order valence-electron chi connectivity index (χ4n) is 1.72. The summed E-state index contributed by atoms with van der Waals surface area (Å²) < 4.78 is 11.2. The summed E-state index contributed by atoms with van der Waals surface area (Å²) in [7, 11) is 0. The molecule has 3 heteroatoms. The Bertz CT molecular complexity index is 168. The van der Waals surface area contributed by atoms with E-state index in [9.17, 15) is 0 Å². The number of rotatable bonds is 5. The van der Waals surface area contributed by atoms with Gasteiger partial charge in [-0.05, 0) is 26.3 Å². The van der Waals surface area contributed by atoms with Gasteiger partial charge in [-0.1, -0.05) is 26.7 Å². The summed E-state index contributed by atoms with van der Waals surface area (Å²) in [6.07, 6.45) is 2.48. The van der Waals surface area contributed by atoms with Crippen LogP contribution in [0.15, 0.2) is 0 Å². The van der Waals surface area contributed by atoms with Gasteiger partial charge < -0.3 is 14.8 Å². The van der Waals surface area contributed by atoms with Gasteiger partial charge >= 0.3 is 0 Å². The molecule has 0 spiro atoms. The van der Waals surface area contributed by atoms with Crippen molar-refractivity contribution in [1.29, 1.82) is 0 Å². The minimum Gasteiger partial charge on any atom is -0.349 e. The molecule has 1 fully saturated rings. The fraction of sp³-hybridized carbons (Fsp3) is 1.00. The molecule has 0 bridgehead atoms.